The molecule has 0 aliphatic carbocycles. The number of ketones is 1. The minimum absolute atomic E-state index is 0.0446. The van der Waals surface area contributed by atoms with E-state index < -0.39 is 5.82 Å². The molecule has 0 saturated heterocycles. The van der Waals surface area contributed by atoms with Gasteiger partial charge in [-0.25, -0.2) is 4.39 Å². The second kappa shape index (κ2) is 4.12. The van der Waals surface area contributed by atoms with Crippen LogP contribution in [0.4, 0.5) is 4.39 Å². The molecule has 70 valence electrons. The topological polar surface area (TPSA) is 30.0 Å². The number of halogens is 1. The second-order valence-corrected chi connectivity index (χ2v) is 3.01. The molecular formula is C10H12FNO. The van der Waals surface area contributed by atoms with Gasteiger partial charge in [0.25, 0.3) is 0 Å². The second-order valence-electron chi connectivity index (χ2n) is 3.01. The van der Waals surface area contributed by atoms with E-state index in [1.807, 2.05) is 6.92 Å². The fourth-order valence-electron chi connectivity index (χ4n) is 0.986. The van der Waals surface area contributed by atoms with Crippen molar-refractivity contribution in [1.82, 2.24) is 4.98 Å². The molecule has 1 aromatic rings. The largest absolute Gasteiger partial charge is 0.292 e. The van der Waals surface area contributed by atoms with Gasteiger partial charge in [0.05, 0.1) is 0 Å². The third-order valence-electron chi connectivity index (χ3n) is 2.05. The number of nitrogens with zero attached hydrogens (tertiary/aromatic N) is 1. The number of rotatable bonds is 3. The Labute approximate surface area is 76.8 Å². The summed E-state index contributed by atoms with van der Waals surface area (Å²) in [7, 11) is 0. The van der Waals surface area contributed by atoms with Gasteiger partial charge in [0.15, 0.2) is 11.6 Å². The van der Waals surface area contributed by atoms with Crippen LogP contribution in [0.3, 0.4) is 0 Å². The first-order valence-electron chi connectivity index (χ1n) is 4.31. The van der Waals surface area contributed by atoms with E-state index >= 15 is 0 Å². The molecule has 3 heteroatoms. The first-order valence-corrected chi connectivity index (χ1v) is 4.31. The van der Waals surface area contributed by atoms with Crippen LogP contribution in [0.25, 0.3) is 0 Å². The van der Waals surface area contributed by atoms with Gasteiger partial charge in [-0.2, -0.15) is 0 Å². The highest BCUT2D eigenvalue weighted by atomic mass is 19.1. The summed E-state index contributed by atoms with van der Waals surface area (Å²) in [6.45, 7) is 3.67. The Hall–Kier alpha value is -1.25. The molecule has 0 saturated carbocycles. The summed E-state index contributed by atoms with van der Waals surface area (Å²) in [5, 5.41) is 0. The van der Waals surface area contributed by atoms with Gasteiger partial charge in [0, 0.05) is 12.1 Å². The van der Waals surface area contributed by atoms with Crippen LogP contribution in [0.2, 0.25) is 0 Å². The van der Waals surface area contributed by atoms with Crippen LogP contribution in [-0.2, 0) is 0 Å². The lowest BCUT2D eigenvalue weighted by Crippen LogP contribution is -2.13. The Morgan fingerprint density at radius 1 is 1.69 bits per heavy atom. The summed E-state index contributed by atoms with van der Waals surface area (Å²) in [6.07, 6.45) is 2.13. The van der Waals surface area contributed by atoms with Crippen molar-refractivity contribution in [2.45, 2.75) is 20.3 Å². The molecule has 0 aliphatic heterocycles. The Bertz CT molecular complexity index is 312. The van der Waals surface area contributed by atoms with E-state index in [9.17, 15) is 9.18 Å². The number of hydrogen-bond donors (Lipinski definition) is 0. The molecule has 0 fully saturated rings. The Morgan fingerprint density at radius 3 is 2.92 bits per heavy atom. The quantitative estimate of drug-likeness (QED) is 0.670. The molecule has 13 heavy (non-hydrogen) atoms. The molecule has 0 aromatic carbocycles. The Morgan fingerprint density at radius 2 is 2.38 bits per heavy atom. The van der Waals surface area contributed by atoms with Crippen molar-refractivity contribution in [2.75, 3.05) is 0 Å². The van der Waals surface area contributed by atoms with Gasteiger partial charge >= 0.3 is 0 Å². The van der Waals surface area contributed by atoms with Gasteiger partial charge in [-0.3, -0.25) is 9.78 Å². The van der Waals surface area contributed by atoms with Crippen LogP contribution >= 0.6 is 0 Å². The summed E-state index contributed by atoms with van der Waals surface area (Å²) in [4.78, 5) is 15.2. The van der Waals surface area contributed by atoms with E-state index in [0.29, 0.717) is 6.42 Å². The molecule has 1 aromatic heterocycles. The summed E-state index contributed by atoms with van der Waals surface area (Å²) in [5.74, 6) is -0.919. The molecule has 0 aliphatic rings. The number of Topliss-reactive ketones (excluding diaryl/α,β-unsaturated/α-hetero) is 1. The molecular weight excluding hydrogens is 169 g/mol. The highest BCUT2D eigenvalue weighted by Gasteiger charge is 2.17. The minimum Gasteiger partial charge on any atom is -0.292 e. The van der Waals surface area contributed by atoms with E-state index in [-0.39, 0.29) is 17.4 Å². The highest BCUT2D eigenvalue weighted by molar-refractivity contribution is 5.95. The van der Waals surface area contributed by atoms with Crippen molar-refractivity contribution in [3.8, 4) is 0 Å². The van der Waals surface area contributed by atoms with Crippen molar-refractivity contribution in [1.29, 1.82) is 0 Å². The van der Waals surface area contributed by atoms with Crippen molar-refractivity contribution < 1.29 is 9.18 Å². The van der Waals surface area contributed by atoms with Gasteiger partial charge in [-0.05, 0) is 18.6 Å². The molecule has 2 nitrogen and oxygen atoms in total. The molecule has 0 N–H and O–H groups in total. The zero-order chi connectivity index (χ0) is 9.84. The first kappa shape index (κ1) is 9.84. The van der Waals surface area contributed by atoms with E-state index in [4.69, 9.17) is 0 Å². The summed E-state index contributed by atoms with van der Waals surface area (Å²) in [6, 6.07) is 2.73. The average Bonchev–Trinajstić information content (AvgIpc) is 2.16. The summed E-state index contributed by atoms with van der Waals surface area (Å²) in [5.41, 5.74) is -0.0446. The lowest BCUT2D eigenvalue weighted by atomic mass is 10.0. The number of hydrogen-bond acceptors (Lipinski definition) is 2. The third-order valence-corrected chi connectivity index (χ3v) is 2.05. The highest BCUT2D eigenvalue weighted by Crippen LogP contribution is 2.12. The lowest BCUT2D eigenvalue weighted by molar-refractivity contribution is 0.0917. The predicted molar refractivity (Wildman–Crippen MR) is 48.0 cm³/mol. The Kier molecular flexibility index (Phi) is 3.12. The van der Waals surface area contributed by atoms with Crippen LogP contribution in [0.1, 0.15) is 30.8 Å². The zero-order valence-corrected chi connectivity index (χ0v) is 7.75. The maximum Gasteiger partial charge on any atom is 0.186 e. The van der Waals surface area contributed by atoms with Crippen LogP contribution < -0.4 is 0 Å². The fraction of sp³-hybridized carbons (Fsp3) is 0.400. The van der Waals surface area contributed by atoms with Gasteiger partial charge < -0.3 is 0 Å². The van der Waals surface area contributed by atoms with E-state index in [1.54, 1.807) is 6.92 Å². The SMILES string of the molecule is CCC(C)C(=O)c1ncccc1F. The minimum atomic E-state index is -0.534. The van der Waals surface area contributed by atoms with Crippen molar-refractivity contribution in [2.24, 2.45) is 5.92 Å². The van der Waals surface area contributed by atoms with Gasteiger partial charge in [0.1, 0.15) is 5.69 Å². The third kappa shape index (κ3) is 2.11. The number of carbonyl (C=O) groups is 1. The predicted octanol–water partition coefficient (Wildman–Crippen LogP) is 2.45. The van der Waals surface area contributed by atoms with Crippen LogP contribution in [-0.4, -0.2) is 10.8 Å². The van der Waals surface area contributed by atoms with E-state index in [1.165, 1.54) is 18.3 Å². The number of aromatic nitrogens is 1. The first-order chi connectivity index (χ1) is 6.16. The maximum absolute atomic E-state index is 13.1. The van der Waals surface area contributed by atoms with Crippen LogP contribution in [0.5, 0.6) is 0 Å². The standard InChI is InChI=1S/C10H12FNO/c1-3-7(2)10(13)9-8(11)5-4-6-12-9/h4-7H,3H2,1-2H3. The van der Waals surface area contributed by atoms with Gasteiger partial charge in [-0.1, -0.05) is 13.8 Å². The van der Waals surface area contributed by atoms with Gasteiger partial charge in [0.2, 0.25) is 0 Å². The summed E-state index contributed by atoms with van der Waals surface area (Å²) >= 11 is 0. The smallest absolute Gasteiger partial charge is 0.186 e. The lowest BCUT2D eigenvalue weighted by Gasteiger charge is -2.06. The monoisotopic (exact) mass is 181 g/mol. The molecule has 0 amide bonds. The maximum atomic E-state index is 13.1. The summed E-state index contributed by atoms with van der Waals surface area (Å²) < 4.78 is 13.1. The van der Waals surface area contributed by atoms with E-state index in [0.717, 1.165) is 0 Å². The molecule has 1 heterocycles. The van der Waals surface area contributed by atoms with Gasteiger partial charge in [-0.15, -0.1) is 0 Å². The zero-order valence-electron chi connectivity index (χ0n) is 7.75. The number of pyridine rings is 1. The van der Waals surface area contributed by atoms with Crippen molar-refractivity contribution in [3.63, 3.8) is 0 Å². The Balaban J connectivity index is 2.95. The molecule has 0 bridgehead atoms. The molecule has 1 atom stereocenters. The molecule has 0 spiro atoms. The van der Waals surface area contributed by atoms with Crippen molar-refractivity contribution >= 4 is 5.78 Å². The number of carbonyl (C=O) groups excluding carboxylic acids is 1. The van der Waals surface area contributed by atoms with Crippen LogP contribution in [0, 0.1) is 11.7 Å². The fourth-order valence-corrected chi connectivity index (χ4v) is 0.986. The normalized spacial score (nSPS) is 12.5. The molecule has 1 rings (SSSR count). The van der Waals surface area contributed by atoms with Crippen molar-refractivity contribution in [3.05, 3.63) is 29.8 Å². The van der Waals surface area contributed by atoms with E-state index in [2.05, 4.69) is 4.98 Å². The molecule has 1 unspecified atom stereocenters. The molecule has 0 radical (unpaired) electrons. The van der Waals surface area contributed by atoms with Crippen LogP contribution in [0.15, 0.2) is 18.3 Å². The average molecular weight is 181 g/mol.